The zero-order valence-electron chi connectivity index (χ0n) is 9.61. The Balaban J connectivity index is 2.41. The second-order valence-corrected chi connectivity index (χ2v) is 3.78. The van der Waals surface area contributed by atoms with Crippen LogP contribution in [0.2, 0.25) is 0 Å². The number of benzene rings is 2. The van der Waals surface area contributed by atoms with Crippen molar-refractivity contribution in [1.29, 1.82) is 0 Å². The summed E-state index contributed by atoms with van der Waals surface area (Å²) in [4.78, 5) is 10.8. The molecular weight excluding hydrogens is 238 g/mol. The van der Waals surface area contributed by atoms with Crippen LogP contribution >= 0.6 is 0 Å². The van der Waals surface area contributed by atoms with E-state index in [4.69, 9.17) is 4.74 Å². The van der Waals surface area contributed by atoms with Crippen molar-refractivity contribution < 1.29 is 18.3 Å². The van der Waals surface area contributed by atoms with Crippen molar-refractivity contribution in [2.24, 2.45) is 0 Å². The smallest absolute Gasteiger partial charge is 0.308 e. The van der Waals surface area contributed by atoms with E-state index in [0.717, 1.165) is 6.07 Å². The summed E-state index contributed by atoms with van der Waals surface area (Å²) in [5.41, 5.74) is 0.966. The summed E-state index contributed by atoms with van der Waals surface area (Å²) in [5.74, 6) is -1.41. The van der Waals surface area contributed by atoms with Crippen molar-refractivity contribution in [2.75, 3.05) is 0 Å². The van der Waals surface area contributed by atoms with Gasteiger partial charge in [-0.05, 0) is 35.4 Å². The number of halogens is 2. The summed E-state index contributed by atoms with van der Waals surface area (Å²) in [7, 11) is 0. The summed E-state index contributed by atoms with van der Waals surface area (Å²) in [6.07, 6.45) is 0. The molecular formula is C14H10F2O2. The second-order valence-electron chi connectivity index (χ2n) is 3.78. The lowest BCUT2D eigenvalue weighted by Crippen LogP contribution is -2.01. The molecule has 2 aromatic rings. The molecule has 0 amide bonds. The molecule has 92 valence electrons. The van der Waals surface area contributed by atoms with Crippen molar-refractivity contribution in [2.45, 2.75) is 6.92 Å². The Morgan fingerprint density at radius 1 is 1.00 bits per heavy atom. The normalized spacial score (nSPS) is 10.2. The van der Waals surface area contributed by atoms with E-state index in [9.17, 15) is 13.6 Å². The number of hydrogen-bond donors (Lipinski definition) is 0. The quantitative estimate of drug-likeness (QED) is 0.600. The fraction of sp³-hybridized carbons (Fsp3) is 0.0714. The van der Waals surface area contributed by atoms with Gasteiger partial charge < -0.3 is 4.74 Å². The van der Waals surface area contributed by atoms with Crippen LogP contribution in [-0.4, -0.2) is 5.97 Å². The first-order valence-corrected chi connectivity index (χ1v) is 5.29. The van der Waals surface area contributed by atoms with Gasteiger partial charge in [-0.25, -0.2) is 8.78 Å². The van der Waals surface area contributed by atoms with Gasteiger partial charge in [0.05, 0.1) is 0 Å². The number of carbonyl (C=O) groups excluding carboxylic acids is 1. The van der Waals surface area contributed by atoms with Gasteiger partial charge >= 0.3 is 5.97 Å². The summed E-state index contributed by atoms with van der Waals surface area (Å²) < 4.78 is 31.1. The molecule has 4 heteroatoms. The summed E-state index contributed by atoms with van der Waals surface area (Å²) >= 11 is 0. The third kappa shape index (κ3) is 2.91. The van der Waals surface area contributed by atoms with E-state index >= 15 is 0 Å². The van der Waals surface area contributed by atoms with Crippen molar-refractivity contribution in [3.05, 3.63) is 54.1 Å². The van der Waals surface area contributed by atoms with Gasteiger partial charge in [-0.15, -0.1) is 0 Å². The molecule has 2 nitrogen and oxygen atoms in total. The first-order chi connectivity index (χ1) is 8.54. The van der Waals surface area contributed by atoms with Gasteiger partial charge in [0.25, 0.3) is 0 Å². The number of rotatable bonds is 2. The standard InChI is InChI=1S/C14H10F2O2/c1-9(17)18-14-4-2-3-10(7-14)11-5-12(15)8-13(16)6-11/h2-8H,1H3. The van der Waals surface area contributed by atoms with Crippen molar-refractivity contribution in [3.63, 3.8) is 0 Å². The highest BCUT2D eigenvalue weighted by molar-refractivity contribution is 5.71. The maximum atomic E-state index is 13.1. The molecule has 2 aromatic carbocycles. The minimum atomic E-state index is -0.650. The van der Waals surface area contributed by atoms with Gasteiger partial charge in [-0.3, -0.25) is 4.79 Å². The van der Waals surface area contributed by atoms with Crippen LogP contribution in [0, 0.1) is 11.6 Å². The molecule has 0 radical (unpaired) electrons. The lowest BCUT2D eigenvalue weighted by molar-refractivity contribution is -0.131. The van der Waals surface area contributed by atoms with Crippen molar-refractivity contribution >= 4 is 5.97 Å². The van der Waals surface area contributed by atoms with Gasteiger partial charge in [-0.2, -0.15) is 0 Å². The van der Waals surface area contributed by atoms with Crippen LogP contribution in [0.5, 0.6) is 5.75 Å². The van der Waals surface area contributed by atoms with E-state index in [-0.39, 0.29) is 0 Å². The van der Waals surface area contributed by atoms with E-state index in [1.165, 1.54) is 19.1 Å². The molecule has 0 saturated carbocycles. The Hall–Kier alpha value is -2.23. The molecule has 0 atom stereocenters. The van der Waals surface area contributed by atoms with Gasteiger partial charge in [-0.1, -0.05) is 12.1 Å². The fourth-order valence-corrected chi connectivity index (χ4v) is 1.63. The maximum Gasteiger partial charge on any atom is 0.308 e. The lowest BCUT2D eigenvalue weighted by atomic mass is 10.1. The Kier molecular flexibility index (Phi) is 3.37. The topological polar surface area (TPSA) is 26.3 Å². The largest absolute Gasteiger partial charge is 0.427 e. The number of ether oxygens (including phenoxy) is 1. The average Bonchev–Trinajstić information content (AvgIpc) is 2.27. The molecule has 0 saturated heterocycles. The van der Waals surface area contributed by atoms with Gasteiger partial charge in [0.1, 0.15) is 17.4 Å². The Bertz CT molecular complexity index is 574. The third-order valence-electron chi connectivity index (χ3n) is 2.29. The Morgan fingerprint density at radius 3 is 2.28 bits per heavy atom. The number of hydrogen-bond acceptors (Lipinski definition) is 2. The second kappa shape index (κ2) is 4.96. The molecule has 2 rings (SSSR count). The van der Waals surface area contributed by atoms with Crippen LogP contribution in [0.15, 0.2) is 42.5 Å². The Morgan fingerprint density at radius 2 is 1.67 bits per heavy atom. The molecule has 0 spiro atoms. The van der Waals surface area contributed by atoms with E-state index in [2.05, 4.69) is 0 Å². The third-order valence-corrected chi connectivity index (χ3v) is 2.29. The average molecular weight is 248 g/mol. The monoisotopic (exact) mass is 248 g/mol. The molecule has 0 fully saturated rings. The van der Waals surface area contributed by atoms with Crippen LogP contribution in [0.4, 0.5) is 8.78 Å². The summed E-state index contributed by atoms with van der Waals surface area (Å²) in [5, 5.41) is 0. The van der Waals surface area contributed by atoms with Crippen LogP contribution < -0.4 is 4.74 Å². The van der Waals surface area contributed by atoms with Gasteiger partial charge in [0, 0.05) is 13.0 Å². The first-order valence-electron chi connectivity index (χ1n) is 5.29. The molecule has 0 unspecified atom stereocenters. The molecule has 18 heavy (non-hydrogen) atoms. The van der Waals surface area contributed by atoms with E-state index in [1.807, 2.05) is 0 Å². The highest BCUT2D eigenvalue weighted by Crippen LogP contribution is 2.25. The van der Waals surface area contributed by atoms with Crippen LogP contribution in [0.3, 0.4) is 0 Å². The molecule has 0 aromatic heterocycles. The summed E-state index contributed by atoms with van der Waals surface area (Å²) in [6.45, 7) is 1.29. The number of esters is 1. The van der Waals surface area contributed by atoms with Crippen LogP contribution in [0.25, 0.3) is 11.1 Å². The van der Waals surface area contributed by atoms with Crippen LogP contribution in [-0.2, 0) is 4.79 Å². The van der Waals surface area contributed by atoms with Gasteiger partial charge in [0.2, 0.25) is 0 Å². The summed E-state index contributed by atoms with van der Waals surface area (Å²) in [6, 6.07) is 9.72. The zero-order chi connectivity index (χ0) is 13.1. The molecule has 0 bridgehead atoms. The minimum Gasteiger partial charge on any atom is -0.427 e. The van der Waals surface area contributed by atoms with Crippen LogP contribution in [0.1, 0.15) is 6.92 Å². The van der Waals surface area contributed by atoms with Crippen molar-refractivity contribution in [3.8, 4) is 16.9 Å². The van der Waals surface area contributed by atoms with E-state index in [0.29, 0.717) is 16.9 Å². The molecule has 0 aliphatic heterocycles. The predicted octanol–water partition coefficient (Wildman–Crippen LogP) is 3.56. The minimum absolute atomic E-state index is 0.338. The molecule has 0 heterocycles. The van der Waals surface area contributed by atoms with E-state index in [1.54, 1.807) is 24.3 Å². The van der Waals surface area contributed by atoms with Gasteiger partial charge in [0.15, 0.2) is 0 Å². The lowest BCUT2D eigenvalue weighted by Gasteiger charge is -2.05. The zero-order valence-corrected chi connectivity index (χ0v) is 9.61. The predicted molar refractivity (Wildman–Crippen MR) is 63.1 cm³/mol. The highest BCUT2D eigenvalue weighted by atomic mass is 19.1. The highest BCUT2D eigenvalue weighted by Gasteiger charge is 2.05. The van der Waals surface area contributed by atoms with E-state index < -0.39 is 17.6 Å². The van der Waals surface area contributed by atoms with Crippen molar-refractivity contribution in [1.82, 2.24) is 0 Å². The maximum absolute atomic E-state index is 13.1. The number of carbonyl (C=O) groups is 1. The fourth-order valence-electron chi connectivity index (χ4n) is 1.63. The molecule has 0 aliphatic rings. The SMILES string of the molecule is CC(=O)Oc1cccc(-c2cc(F)cc(F)c2)c1. The Labute approximate surface area is 103 Å². The first kappa shape index (κ1) is 12.2. The molecule has 0 aliphatic carbocycles. The molecule has 0 N–H and O–H groups in total.